The molecule has 2 atom stereocenters. The first-order valence-corrected chi connectivity index (χ1v) is 12.9. The lowest BCUT2D eigenvalue weighted by Crippen LogP contribution is -2.58. The second-order valence-corrected chi connectivity index (χ2v) is 11.5. The lowest BCUT2D eigenvalue weighted by atomic mass is 9.91. The monoisotopic (exact) mass is 518 g/mol. The lowest BCUT2D eigenvalue weighted by Gasteiger charge is -2.43. The highest BCUT2D eigenvalue weighted by molar-refractivity contribution is 5.93. The molecule has 0 radical (unpaired) electrons. The first-order chi connectivity index (χ1) is 17.0. The summed E-state index contributed by atoms with van der Waals surface area (Å²) in [4.78, 5) is 53.6. The fraction of sp³-hybridized carbons (Fsp3) is 0.643. The van der Waals surface area contributed by atoms with Gasteiger partial charge in [0, 0.05) is 18.5 Å². The second kappa shape index (κ2) is 13.4. The quantitative estimate of drug-likeness (QED) is 0.381. The smallest absolute Gasteiger partial charge is 0.408 e. The van der Waals surface area contributed by atoms with Crippen LogP contribution in [-0.4, -0.2) is 52.4 Å². The fourth-order valence-corrected chi connectivity index (χ4v) is 3.94. The van der Waals surface area contributed by atoms with Crippen LogP contribution in [0.3, 0.4) is 0 Å². The molecule has 0 heterocycles. The molecular formula is C28H46N4O5. The fourth-order valence-electron chi connectivity index (χ4n) is 3.94. The Hall–Kier alpha value is -3.10. The van der Waals surface area contributed by atoms with Crippen LogP contribution in [0.5, 0.6) is 0 Å². The molecule has 0 bridgehead atoms. The number of unbranched alkanes of at least 4 members (excludes halogenated alkanes) is 1. The molecule has 9 nitrogen and oxygen atoms in total. The van der Waals surface area contributed by atoms with Crippen LogP contribution in [0.4, 0.5) is 4.79 Å². The molecule has 208 valence electrons. The van der Waals surface area contributed by atoms with Crippen molar-refractivity contribution in [2.75, 3.05) is 6.54 Å². The number of nitrogens with one attached hydrogen (secondary N) is 2. The Morgan fingerprint density at radius 3 is 2.19 bits per heavy atom. The maximum atomic E-state index is 14.2. The Bertz CT molecular complexity index is 962. The van der Waals surface area contributed by atoms with Gasteiger partial charge in [-0.3, -0.25) is 14.4 Å². The van der Waals surface area contributed by atoms with E-state index < -0.39 is 41.1 Å². The minimum Gasteiger partial charge on any atom is -0.444 e. The van der Waals surface area contributed by atoms with E-state index in [9.17, 15) is 19.2 Å². The van der Waals surface area contributed by atoms with Gasteiger partial charge in [0.15, 0.2) is 0 Å². The van der Waals surface area contributed by atoms with Gasteiger partial charge in [-0.05, 0) is 79.4 Å². The summed E-state index contributed by atoms with van der Waals surface area (Å²) in [6.07, 6.45) is 0.763. The van der Waals surface area contributed by atoms with Crippen LogP contribution in [0, 0.1) is 13.8 Å². The maximum absolute atomic E-state index is 14.2. The predicted molar refractivity (Wildman–Crippen MR) is 145 cm³/mol. The van der Waals surface area contributed by atoms with Crippen LogP contribution in [0.2, 0.25) is 0 Å². The van der Waals surface area contributed by atoms with E-state index in [2.05, 4.69) is 10.6 Å². The molecule has 4 amide bonds. The van der Waals surface area contributed by atoms with Gasteiger partial charge in [0.25, 0.3) is 0 Å². The summed E-state index contributed by atoms with van der Waals surface area (Å²) in [5.74, 6) is -1.41. The van der Waals surface area contributed by atoms with E-state index in [1.54, 1.807) is 20.8 Å². The van der Waals surface area contributed by atoms with Crippen LogP contribution >= 0.6 is 0 Å². The van der Waals surface area contributed by atoms with Crippen LogP contribution in [0.25, 0.3) is 0 Å². The Balaban J connectivity index is 3.61. The Morgan fingerprint density at radius 2 is 1.68 bits per heavy atom. The average Bonchev–Trinajstić information content (AvgIpc) is 2.74. The van der Waals surface area contributed by atoms with Gasteiger partial charge >= 0.3 is 6.09 Å². The standard InChI is InChI=1S/C28H46N4O5/c1-10-11-16-30-24(34)23(20-17-18(2)12-13-19(20)3)32(27(4,5)6)25(35)21(14-15-22(29)33)31-26(36)37-28(7,8)9/h12-13,17,21,23H,10-11,14-16H2,1-9H3,(H2,29,33)(H,30,34)(H,31,36). The molecule has 1 aromatic rings. The number of ether oxygens (including phenoxy) is 1. The molecule has 0 aliphatic rings. The van der Waals surface area contributed by atoms with E-state index in [0.29, 0.717) is 12.1 Å². The van der Waals surface area contributed by atoms with E-state index in [1.807, 2.05) is 59.7 Å². The van der Waals surface area contributed by atoms with Gasteiger partial charge in [-0.15, -0.1) is 0 Å². The highest BCUT2D eigenvalue weighted by Gasteiger charge is 2.42. The van der Waals surface area contributed by atoms with Crippen molar-refractivity contribution in [1.29, 1.82) is 0 Å². The van der Waals surface area contributed by atoms with Gasteiger partial charge in [-0.1, -0.05) is 37.1 Å². The highest BCUT2D eigenvalue weighted by atomic mass is 16.6. The molecule has 0 spiro atoms. The molecule has 0 saturated carbocycles. The number of amides is 4. The molecule has 37 heavy (non-hydrogen) atoms. The summed E-state index contributed by atoms with van der Waals surface area (Å²) in [5, 5.41) is 5.59. The lowest BCUT2D eigenvalue weighted by molar-refractivity contribution is -0.148. The predicted octanol–water partition coefficient (Wildman–Crippen LogP) is 4.05. The maximum Gasteiger partial charge on any atom is 0.408 e. The summed E-state index contributed by atoms with van der Waals surface area (Å²) in [5.41, 5.74) is 6.27. The number of alkyl carbamates (subject to hydrolysis) is 1. The number of carbonyl (C=O) groups excluding carboxylic acids is 4. The topological polar surface area (TPSA) is 131 Å². The van der Waals surface area contributed by atoms with Crippen molar-refractivity contribution in [2.45, 2.75) is 111 Å². The van der Waals surface area contributed by atoms with Crippen molar-refractivity contribution in [3.8, 4) is 0 Å². The van der Waals surface area contributed by atoms with E-state index in [0.717, 1.165) is 24.0 Å². The summed E-state index contributed by atoms with van der Waals surface area (Å²) >= 11 is 0. The number of nitrogens with zero attached hydrogens (tertiary/aromatic N) is 1. The van der Waals surface area contributed by atoms with Crippen molar-refractivity contribution in [2.24, 2.45) is 5.73 Å². The Kier molecular flexibility index (Phi) is 11.6. The molecular weight excluding hydrogens is 472 g/mol. The molecule has 0 saturated heterocycles. The Morgan fingerprint density at radius 1 is 1.05 bits per heavy atom. The van der Waals surface area contributed by atoms with E-state index in [1.165, 1.54) is 4.90 Å². The third-order valence-electron chi connectivity index (χ3n) is 5.69. The van der Waals surface area contributed by atoms with Gasteiger partial charge < -0.3 is 26.0 Å². The van der Waals surface area contributed by atoms with Gasteiger partial charge in [0.05, 0.1) is 0 Å². The van der Waals surface area contributed by atoms with Crippen LogP contribution in [0.1, 0.15) is 96.9 Å². The molecule has 1 rings (SSSR count). The molecule has 0 aliphatic heterocycles. The minimum atomic E-state index is -1.13. The average molecular weight is 519 g/mol. The summed E-state index contributed by atoms with van der Waals surface area (Å²) in [6, 6.07) is 3.70. The van der Waals surface area contributed by atoms with Gasteiger partial charge in [0.2, 0.25) is 17.7 Å². The number of aryl methyl sites for hydroxylation is 2. The van der Waals surface area contributed by atoms with Gasteiger partial charge in [-0.25, -0.2) is 4.79 Å². The van der Waals surface area contributed by atoms with Gasteiger partial charge in [0.1, 0.15) is 17.7 Å². The molecule has 9 heteroatoms. The van der Waals surface area contributed by atoms with E-state index in [4.69, 9.17) is 10.5 Å². The van der Waals surface area contributed by atoms with Crippen molar-refractivity contribution in [1.82, 2.24) is 15.5 Å². The third-order valence-corrected chi connectivity index (χ3v) is 5.69. The second-order valence-electron chi connectivity index (χ2n) is 11.5. The van der Waals surface area contributed by atoms with E-state index in [-0.39, 0.29) is 18.7 Å². The molecule has 0 aliphatic carbocycles. The number of benzene rings is 1. The molecule has 1 aromatic carbocycles. The number of hydrogen-bond donors (Lipinski definition) is 3. The SMILES string of the molecule is CCCCNC(=O)C(c1cc(C)ccc1C)N(C(=O)C(CCC(N)=O)NC(=O)OC(C)(C)C)C(C)(C)C. The van der Waals surface area contributed by atoms with Crippen LogP contribution < -0.4 is 16.4 Å². The van der Waals surface area contributed by atoms with Crippen molar-refractivity contribution < 1.29 is 23.9 Å². The van der Waals surface area contributed by atoms with E-state index >= 15 is 0 Å². The largest absolute Gasteiger partial charge is 0.444 e. The zero-order valence-electron chi connectivity index (χ0n) is 24.0. The highest BCUT2D eigenvalue weighted by Crippen LogP contribution is 2.32. The number of nitrogens with two attached hydrogens (primary N) is 1. The number of rotatable bonds is 11. The molecule has 4 N–H and O–H groups in total. The summed E-state index contributed by atoms with van der Waals surface area (Å²) in [7, 11) is 0. The first kappa shape index (κ1) is 31.9. The Labute approximate surface area is 221 Å². The molecule has 0 fully saturated rings. The minimum absolute atomic E-state index is 0.0308. The van der Waals surface area contributed by atoms with Crippen molar-refractivity contribution >= 4 is 23.8 Å². The molecule has 0 aromatic heterocycles. The zero-order valence-corrected chi connectivity index (χ0v) is 24.0. The van der Waals surface area contributed by atoms with Crippen molar-refractivity contribution in [3.05, 3.63) is 34.9 Å². The summed E-state index contributed by atoms with van der Waals surface area (Å²) in [6.45, 7) is 17.0. The number of primary amides is 1. The molecule has 2 unspecified atom stereocenters. The van der Waals surface area contributed by atoms with Gasteiger partial charge in [-0.2, -0.15) is 0 Å². The number of hydrogen-bond acceptors (Lipinski definition) is 5. The van der Waals surface area contributed by atoms with Crippen LogP contribution in [0.15, 0.2) is 18.2 Å². The third kappa shape index (κ3) is 10.4. The summed E-state index contributed by atoms with van der Waals surface area (Å²) < 4.78 is 5.37. The van der Waals surface area contributed by atoms with Crippen molar-refractivity contribution in [3.63, 3.8) is 0 Å². The van der Waals surface area contributed by atoms with Crippen LogP contribution in [-0.2, 0) is 19.1 Å². The number of carbonyl (C=O) groups is 4. The zero-order chi connectivity index (χ0) is 28.6. The normalized spacial score (nSPS) is 13.3. The first-order valence-electron chi connectivity index (χ1n) is 12.9.